The van der Waals surface area contributed by atoms with Crippen molar-refractivity contribution < 1.29 is 18.0 Å². The van der Waals surface area contributed by atoms with E-state index in [0.717, 1.165) is 27.8 Å². The van der Waals surface area contributed by atoms with Gasteiger partial charge in [0.25, 0.3) is 0 Å². The highest BCUT2D eigenvalue weighted by Gasteiger charge is 2.37. The zero-order valence-corrected chi connectivity index (χ0v) is 16.6. The quantitative estimate of drug-likeness (QED) is 0.639. The fourth-order valence-corrected chi connectivity index (χ4v) is 4.46. The maximum atomic E-state index is 13.2. The third-order valence-electron chi connectivity index (χ3n) is 5.25. The van der Waals surface area contributed by atoms with Crippen LogP contribution in [-0.2, 0) is 16.5 Å². The molecule has 2 N–H and O–H groups in total. The predicted molar refractivity (Wildman–Crippen MR) is 109 cm³/mol. The van der Waals surface area contributed by atoms with E-state index in [1.54, 1.807) is 13.1 Å². The number of fused-ring (bicyclic) bond motifs is 1. The number of aliphatic imine (C=N–C) groups is 1. The number of halogens is 3. The second kappa shape index (κ2) is 6.59. The van der Waals surface area contributed by atoms with Crippen LogP contribution in [0.5, 0.6) is 0 Å². The van der Waals surface area contributed by atoms with Crippen LogP contribution in [-0.4, -0.2) is 23.8 Å². The number of rotatable bonds is 2. The van der Waals surface area contributed by atoms with E-state index >= 15 is 0 Å². The van der Waals surface area contributed by atoms with Gasteiger partial charge in [0.15, 0.2) is 5.96 Å². The average Bonchev–Trinajstić information content (AvgIpc) is 3.13. The van der Waals surface area contributed by atoms with Crippen molar-refractivity contribution in [2.24, 2.45) is 10.7 Å². The van der Waals surface area contributed by atoms with Gasteiger partial charge in [-0.25, -0.2) is 4.99 Å². The van der Waals surface area contributed by atoms with E-state index in [2.05, 4.69) is 4.99 Å². The van der Waals surface area contributed by atoms with Gasteiger partial charge in [-0.1, -0.05) is 12.1 Å². The molecule has 0 radical (unpaired) electrons. The summed E-state index contributed by atoms with van der Waals surface area (Å²) in [6, 6.07) is 10.9. The summed E-state index contributed by atoms with van der Waals surface area (Å²) >= 11 is 1.46. The molecule has 29 heavy (non-hydrogen) atoms. The number of alkyl halides is 3. The van der Waals surface area contributed by atoms with Crippen molar-refractivity contribution in [2.45, 2.75) is 25.1 Å². The van der Waals surface area contributed by atoms with E-state index in [-0.39, 0.29) is 18.3 Å². The van der Waals surface area contributed by atoms with Crippen molar-refractivity contribution in [3.63, 3.8) is 0 Å². The molecule has 8 heteroatoms. The number of carbonyl (C=O) groups excluding carboxylic acids is 1. The number of hydrogen-bond donors (Lipinski definition) is 1. The first-order chi connectivity index (χ1) is 13.6. The second-order valence-corrected chi connectivity index (χ2v) is 8.23. The summed E-state index contributed by atoms with van der Waals surface area (Å²) in [7, 11) is 1.57. The number of carbonyl (C=O) groups is 1. The minimum absolute atomic E-state index is 0.120. The van der Waals surface area contributed by atoms with Crippen LogP contribution >= 0.6 is 11.3 Å². The second-order valence-electron chi connectivity index (χ2n) is 7.31. The molecule has 1 aliphatic rings. The molecule has 0 unspecified atom stereocenters. The molecule has 1 aromatic heterocycles. The third kappa shape index (κ3) is 3.37. The van der Waals surface area contributed by atoms with E-state index in [4.69, 9.17) is 5.73 Å². The highest BCUT2D eigenvalue weighted by atomic mass is 32.1. The molecule has 0 spiro atoms. The smallest absolute Gasteiger partial charge is 0.369 e. The first-order valence-electron chi connectivity index (χ1n) is 8.90. The highest BCUT2D eigenvalue weighted by Crippen LogP contribution is 2.41. The molecule has 150 valence electrons. The summed E-state index contributed by atoms with van der Waals surface area (Å²) < 4.78 is 40.5. The summed E-state index contributed by atoms with van der Waals surface area (Å²) in [5, 5.41) is 2.78. The lowest BCUT2D eigenvalue weighted by molar-refractivity contribution is -0.137. The minimum atomic E-state index is -4.42. The number of nitrogens with two attached hydrogens (primary N) is 1. The van der Waals surface area contributed by atoms with Crippen molar-refractivity contribution in [1.82, 2.24) is 4.90 Å². The fourth-order valence-electron chi connectivity index (χ4n) is 3.55. The van der Waals surface area contributed by atoms with Crippen LogP contribution in [0.15, 0.2) is 52.8 Å². The molecular weight excluding hydrogens is 399 g/mol. The largest absolute Gasteiger partial charge is 0.416 e. The monoisotopic (exact) mass is 417 g/mol. The predicted octanol–water partition coefficient (Wildman–Crippen LogP) is 4.98. The molecule has 0 aliphatic carbocycles. The zero-order valence-electron chi connectivity index (χ0n) is 15.7. The molecule has 0 saturated carbocycles. The topological polar surface area (TPSA) is 58.7 Å². The van der Waals surface area contributed by atoms with Gasteiger partial charge >= 0.3 is 6.18 Å². The molecule has 2 heterocycles. The number of thiophene rings is 1. The SMILES string of the molecule is CN1C(=O)C[C@@](C)(c2cc(-c3cccc(C(F)(F)F)c3)c3sccc3c2)N=C1N. The Labute approximate surface area is 169 Å². The Balaban J connectivity index is 1.92. The van der Waals surface area contributed by atoms with Crippen molar-refractivity contribution in [3.05, 3.63) is 59.0 Å². The first kappa shape index (κ1) is 19.4. The molecule has 4 nitrogen and oxygen atoms in total. The number of amides is 1. The lowest BCUT2D eigenvalue weighted by Crippen LogP contribution is -2.47. The molecule has 4 rings (SSSR count). The Morgan fingerprint density at radius 1 is 1.21 bits per heavy atom. The Bertz CT molecular complexity index is 1150. The van der Waals surface area contributed by atoms with E-state index in [1.807, 2.05) is 30.5 Å². The van der Waals surface area contributed by atoms with E-state index in [9.17, 15) is 18.0 Å². The lowest BCUT2D eigenvalue weighted by atomic mass is 9.85. The van der Waals surface area contributed by atoms with Crippen molar-refractivity contribution in [2.75, 3.05) is 7.05 Å². The van der Waals surface area contributed by atoms with Crippen molar-refractivity contribution >= 4 is 33.3 Å². The summed E-state index contributed by atoms with van der Waals surface area (Å²) in [5.74, 6) is -0.0409. The van der Waals surface area contributed by atoms with Gasteiger partial charge in [0.2, 0.25) is 5.91 Å². The number of hydrogen-bond acceptors (Lipinski definition) is 4. The molecule has 0 fully saturated rings. The number of benzene rings is 2. The normalized spacial score (nSPS) is 20.2. The molecule has 1 atom stereocenters. The third-order valence-corrected chi connectivity index (χ3v) is 6.21. The maximum Gasteiger partial charge on any atom is 0.416 e. The average molecular weight is 417 g/mol. The van der Waals surface area contributed by atoms with Gasteiger partial charge in [-0.15, -0.1) is 11.3 Å². The first-order valence-corrected chi connectivity index (χ1v) is 9.78. The summed E-state index contributed by atoms with van der Waals surface area (Å²) in [4.78, 5) is 18.2. The minimum Gasteiger partial charge on any atom is -0.369 e. The highest BCUT2D eigenvalue weighted by molar-refractivity contribution is 7.17. The fraction of sp³-hybridized carbons (Fsp3) is 0.238. The van der Waals surface area contributed by atoms with E-state index in [0.29, 0.717) is 11.1 Å². The molecular formula is C21H18F3N3OS. The lowest BCUT2D eigenvalue weighted by Gasteiger charge is -2.34. The zero-order chi connectivity index (χ0) is 21.0. The van der Waals surface area contributed by atoms with E-state index < -0.39 is 17.3 Å². The molecule has 1 aliphatic heterocycles. The number of nitrogens with zero attached hydrogens (tertiary/aromatic N) is 2. The molecule has 0 bridgehead atoms. The van der Waals surface area contributed by atoms with Crippen LogP contribution in [0.4, 0.5) is 13.2 Å². The Kier molecular flexibility index (Phi) is 4.42. The van der Waals surface area contributed by atoms with Gasteiger partial charge in [0.1, 0.15) is 0 Å². The van der Waals surface area contributed by atoms with Gasteiger partial charge in [-0.3, -0.25) is 9.69 Å². The van der Waals surface area contributed by atoms with E-state index in [1.165, 1.54) is 22.3 Å². The standard InChI is InChI=1S/C21H18F3N3OS/c1-20(11-17(28)27(2)19(25)26-20)15-9-13-6-7-29-18(13)16(10-15)12-4-3-5-14(8-12)21(22,23)24/h3-10H,11H2,1-2H3,(H2,25,26)/t20-/m0/s1. The van der Waals surface area contributed by atoms with Crippen LogP contribution < -0.4 is 5.73 Å². The van der Waals surface area contributed by atoms with Crippen LogP contribution in [0.25, 0.3) is 21.2 Å². The van der Waals surface area contributed by atoms with Gasteiger partial charge in [0, 0.05) is 11.7 Å². The Morgan fingerprint density at radius 3 is 2.66 bits per heavy atom. The molecule has 0 saturated heterocycles. The maximum absolute atomic E-state index is 13.2. The summed E-state index contributed by atoms with van der Waals surface area (Å²) in [6.07, 6.45) is -4.30. The van der Waals surface area contributed by atoms with Gasteiger partial charge < -0.3 is 5.73 Å². The summed E-state index contributed by atoms with van der Waals surface area (Å²) in [5.41, 5.74) is 6.22. The van der Waals surface area contributed by atoms with Crippen LogP contribution in [0.1, 0.15) is 24.5 Å². The van der Waals surface area contributed by atoms with Crippen LogP contribution in [0, 0.1) is 0 Å². The Hall–Kier alpha value is -2.87. The number of guanidine groups is 1. The van der Waals surface area contributed by atoms with Gasteiger partial charge in [0.05, 0.1) is 17.5 Å². The Morgan fingerprint density at radius 2 is 1.97 bits per heavy atom. The molecule has 1 amide bonds. The van der Waals surface area contributed by atoms with Gasteiger partial charge in [-0.05, 0) is 64.7 Å². The van der Waals surface area contributed by atoms with Crippen LogP contribution in [0.3, 0.4) is 0 Å². The van der Waals surface area contributed by atoms with Crippen molar-refractivity contribution in [3.8, 4) is 11.1 Å². The van der Waals surface area contributed by atoms with Crippen molar-refractivity contribution in [1.29, 1.82) is 0 Å². The van der Waals surface area contributed by atoms with Gasteiger partial charge in [-0.2, -0.15) is 13.2 Å². The van der Waals surface area contributed by atoms with Crippen LogP contribution in [0.2, 0.25) is 0 Å². The molecule has 2 aromatic carbocycles. The summed E-state index contributed by atoms with van der Waals surface area (Å²) in [6.45, 7) is 1.81. The molecule has 3 aromatic rings.